The van der Waals surface area contributed by atoms with E-state index in [-0.39, 0.29) is 24.3 Å². The van der Waals surface area contributed by atoms with E-state index in [1.165, 1.54) is 6.07 Å². The summed E-state index contributed by atoms with van der Waals surface area (Å²) in [5.74, 6) is -0.695. The van der Waals surface area contributed by atoms with Crippen LogP contribution in [-0.4, -0.2) is 80.8 Å². The van der Waals surface area contributed by atoms with E-state index in [4.69, 9.17) is 4.74 Å². The molecule has 0 aliphatic carbocycles. The molecule has 2 aliphatic heterocycles. The Hall–Kier alpha value is -3.13. The van der Waals surface area contributed by atoms with Crippen LogP contribution < -0.4 is 10.2 Å². The van der Waals surface area contributed by atoms with Gasteiger partial charge in [0, 0.05) is 45.8 Å². The van der Waals surface area contributed by atoms with E-state index in [0.29, 0.717) is 58.2 Å². The average Bonchev–Trinajstić information content (AvgIpc) is 2.85. The lowest BCUT2D eigenvalue weighted by molar-refractivity contribution is -0.136. The monoisotopic (exact) mass is 440 g/mol. The van der Waals surface area contributed by atoms with Gasteiger partial charge >= 0.3 is 6.03 Å². The molecule has 4 rings (SSSR count). The molecule has 1 unspecified atom stereocenters. The molecule has 0 bridgehead atoms. The summed E-state index contributed by atoms with van der Waals surface area (Å²) in [5.41, 5.74) is 1.45. The number of hydrogen-bond acceptors (Lipinski definition) is 4. The fraction of sp³-hybridized carbons (Fsp3) is 0.417. The standard InChI is InChI=1S/C24H29FN4O3/c25-21-8-4-5-9-22(21)27-10-12-29(13-11-27)24(31)26-18-20(19-6-2-1-3-7-19)23(30)28-14-16-32-17-15-28/h1-9,20H,10-18H2,(H,26,31). The van der Waals surface area contributed by atoms with Crippen LogP contribution in [0.4, 0.5) is 14.9 Å². The lowest BCUT2D eigenvalue weighted by atomic mass is 9.97. The number of piperazine rings is 1. The molecule has 170 valence electrons. The maximum Gasteiger partial charge on any atom is 0.317 e. The Morgan fingerprint density at radius 2 is 1.53 bits per heavy atom. The topological polar surface area (TPSA) is 65.1 Å². The van der Waals surface area contributed by atoms with Gasteiger partial charge in [-0.3, -0.25) is 4.79 Å². The van der Waals surface area contributed by atoms with Gasteiger partial charge in [0.05, 0.1) is 24.8 Å². The van der Waals surface area contributed by atoms with Crippen LogP contribution >= 0.6 is 0 Å². The van der Waals surface area contributed by atoms with Crippen molar-refractivity contribution in [3.05, 3.63) is 66.0 Å². The van der Waals surface area contributed by atoms with Gasteiger partial charge in [-0.25, -0.2) is 9.18 Å². The lowest BCUT2D eigenvalue weighted by Crippen LogP contribution is -2.53. The summed E-state index contributed by atoms with van der Waals surface area (Å²) in [5, 5.41) is 2.95. The number of urea groups is 1. The largest absolute Gasteiger partial charge is 0.378 e. The van der Waals surface area contributed by atoms with Gasteiger partial charge in [0.15, 0.2) is 0 Å². The van der Waals surface area contributed by atoms with E-state index in [1.807, 2.05) is 41.3 Å². The van der Waals surface area contributed by atoms with E-state index in [1.54, 1.807) is 21.9 Å². The average molecular weight is 441 g/mol. The highest BCUT2D eigenvalue weighted by Gasteiger charge is 2.29. The zero-order valence-corrected chi connectivity index (χ0v) is 18.1. The molecular weight excluding hydrogens is 411 g/mol. The number of amides is 3. The first-order chi connectivity index (χ1) is 15.6. The van der Waals surface area contributed by atoms with Crippen molar-refractivity contribution in [2.75, 3.05) is 63.9 Å². The molecule has 0 radical (unpaired) electrons. The highest BCUT2D eigenvalue weighted by molar-refractivity contribution is 5.85. The Morgan fingerprint density at radius 1 is 0.875 bits per heavy atom. The molecule has 2 fully saturated rings. The highest BCUT2D eigenvalue weighted by atomic mass is 19.1. The van der Waals surface area contributed by atoms with Gasteiger partial charge in [0.25, 0.3) is 0 Å². The quantitative estimate of drug-likeness (QED) is 0.775. The summed E-state index contributed by atoms with van der Waals surface area (Å²) in [6, 6.07) is 16.0. The van der Waals surface area contributed by atoms with Crippen molar-refractivity contribution in [1.82, 2.24) is 15.1 Å². The normalized spacial score (nSPS) is 17.7. The fourth-order valence-corrected chi connectivity index (χ4v) is 4.20. The molecule has 8 heteroatoms. The van der Waals surface area contributed by atoms with Gasteiger partial charge in [-0.1, -0.05) is 42.5 Å². The molecule has 2 saturated heterocycles. The molecule has 0 spiro atoms. The van der Waals surface area contributed by atoms with E-state index < -0.39 is 5.92 Å². The third-order valence-corrected chi connectivity index (χ3v) is 6.04. The number of ether oxygens (including phenoxy) is 1. The summed E-state index contributed by atoms with van der Waals surface area (Å²) < 4.78 is 19.4. The molecule has 1 N–H and O–H groups in total. The van der Waals surface area contributed by atoms with Crippen LogP contribution in [0.15, 0.2) is 54.6 Å². The second-order valence-corrected chi connectivity index (χ2v) is 8.01. The maximum absolute atomic E-state index is 14.1. The van der Waals surface area contributed by atoms with Gasteiger partial charge in [0.1, 0.15) is 5.82 Å². The van der Waals surface area contributed by atoms with Crippen molar-refractivity contribution in [2.24, 2.45) is 0 Å². The number of carbonyl (C=O) groups excluding carboxylic acids is 2. The minimum atomic E-state index is -0.446. The summed E-state index contributed by atoms with van der Waals surface area (Å²) in [6.07, 6.45) is 0. The maximum atomic E-state index is 14.1. The van der Waals surface area contributed by atoms with E-state index >= 15 is 0 Å². The number of nitrogens with zero attached hydrogens (tertiary/aromatic N) is 3. The van der Waals surface area contributed by atoms with Gasteiger partial charge < -0.3 is 24.8 Å². The van der Waals surface area contributed by atoms with Crippen molar-refractivity contribution in [1.29, 1.82) is 0 Å². The molecule has 2 aliphatic rings. The number of para-hydroxylation sites is 1. The van der Waals surface area contributed by atoms with E-state index in [9.17, 15) is 14.0 Å². The van der Waals surface area contributed by atoms with Gasteiger partial charge in [-0.2, -0.15) is 0 Å². The van der Waals surface area contributed by atoms with E-state index in [0.717, 1.165) is 5.56 Å². The van der Waals surface area contributed by atoms with Crippen LogP contribution in [0.3, 0.4) is 0 Å². The molecule has 7 nitrogen and oxygen atoms in total. The third kappa shape index (κ3) is 5.19. The molecule has 32 heavy (non-hydrogen) atoms. The van der Waals surface area contributed by atoms with Gasteiger partial charge in [-0.05, 0) is 17.7 Å². The Morgan fingerprint density at radius 3 is 2.22 bits per heavy atom. The first-order valence-corrected chi connectivity index (χ1v) is 11.1. The second kappa shape index (κ2) is 10.5. The van der Waals surface area contributed by atoms with Crippen molar-refractivity contribution >= 4 is 17.6 Å². The molecule has 3 amide bonds. The van der Waals surface area contributed by atoms with Crippen LogP contribution in [0.25, 0.3) is 0 Å². The predicted octanol–water partition coefficient (Wildman–Crippen LogP) is 2.30. The number of morpholine rings is 1. The molecule has 2 aromatic rings. The van der Waals surface area contributed by atoms with Crippen LogP contribution in [-0.2, 0) is 9.53 Å². The number of carbonyl (C=O) groups is 2. The fourth-order valence-electron chi connectivity index (χ4n) is 4.20. The number of rotatable bonds is 5. The van der Waals surface area contributed by atoms with Crippen molar-refractivity contribution in [2.45, 2.75) is 5.92 Å². The minimum Gasteiger partial charge on any atom is -0.378 e. The third-order valence-electron chi connectivity index (χ3n) is 6.04. The first kappa shape index (κ1) is 22.1. The summed E-state index contributed by atoms with van der Waals surface area (Å²) in [6.45, 7) is 4.53. The second-order valence-electron chi connectivity index (χ2n) is 8.01. The number of anilines is 1. The lowest BCUT2D eigenvalue weighted by Gasteiger charge is -2.36. The van der Waals surface area contributed by atoms with Crippen LogP contribution in [0, 0.1) is 5.82 Å². The number of benzene rings is 2. The van der Waals surface area contributed by atoms with Crippen molar-refractivity contribution < 1.29 is 18.7 Å². The minimum absolute atomic E-state index is 0.00386. The Labute approximate surface area is 187 Å². The highest BCUT2D eigenvalue weighted by Crippen LogP contribution is 2.21. The molecule has 2 aromatic carbocycles. The van der Waals surface area contributed by atoms with Crippen LogP contribution in [0.1, 0.15) is 11.5 Å². The summed E-state index contributed by atoms with van der Waals surface area (Å²) >= 11 is 0. The van der Waals surface area contributed by atoms with Crippen molar-refractivity contribution in [3.63, 3.8) is 0 Å². The zero-order chi connectivity index (χ0) is 22.3. The molecule has 2 heterocycles. The molecular formula is C24H29FN4O3. The smallest absolute Gasteiger partial charge is 0.317 e. The Balaban J connectivity index is 1.35. The van der Waals surface area contributed by atoms with Crippen LogP contribution in [0.5, 0.6) is 0 Å². The van der Waals surface area contributed by atoms with Crippen LogP contribution in [0.2, 0.25) is 0 Å². The van der Waals surface area contributed by atoms with Gasteiger partial charge in [-0.15, -0.1) is 0 Å². The zero-order valence-electron chi connectivity index (χ0n) is 18.1. The first-order valence-electron chi connectivity index (χ1n) is 11.1. The van der Waals surface area contributed by atoms with Gasteiger partial charge in [0.2, 0.25) is 5.91 Å². The molecule has 0 aromatic heterocycles. The Bertz CT molecular complexity index is 912. The van der Waals surface area contributed by atoms with E-state index in [2.05, 4.69) is 5.32 Å². The molecule has 0 saturated carbocycles. The number of halogens is 1. The predicted molar refractivity (Wildman–Crippen MR) is 120 cm³/mol. The number of hydrogen-bond donors (Lipinski definition) is 1. The van der Waals surface area contributed by atoms with Crippen molar-refractivity contribution in [3.8, 4) is 0 Å². The number of nitrogens with one attached hydrogen (secondary N) is 1. The summed E-state index contributed by atoms with van der Waals surface area (Å²) in [4.78, 5) is 31.5. The Kier molecular flexibility index (Phi) is 7.21. The summed E-state index contributed by atoms with van der Waals surface area (Å²) in [7, 11) is 0. The molecule has 1 atom stereocenters. The SMILES string of the molecule is O=C(NCC(C(=O)N1CCOCC1)c1ccccc1)N1CCN(c2ccccc2F)CC1.